The van der Waals surface area contributed by atoms with Gasteiger partial charge in [-0.3, -0.25) is 0 Å². The first kappa shape index (κ1) is 17.3. The second-order valence-electron chi connectivity index (χ2n) is 8.38. The Bertz CT molecular complexity index is 773. The van der Waals surface area contributed by atoms with E-state index in [1.54, 1.807) is 0 Å². The second-order valence-corrected chi connectivity index (χ2v) is 10.5. The lowest BCUT2D eigenvalue weighted by atomic mass is 9.61. The molecule has 1 nitrogen and oxygen atoms in total. The normalized spacial score (nSPS) is 30.1. The fraction of sp³-hybridized carbons (Fsp3) is 0.455. The number of nitrogens with one attached hydrogen (secondary N) is 1. The van der Waals surface area contributed by atoms with E-state index in [-0.39, 0.29) is 10.2 Å². The molecule has 0 amide bonds. The smallest absolute Gasteiger partial charge is 0.0410 e. The molecule has 2 aliphatic rings. The van der Waals surface area contributed by atoms with Crippen LogP contribution >= 0.6 is 23.4 Å². The van der Waals surface area contributed by atoms with Gasteiger partial charge in [0.05, 0.1) is 0 Å². The molecule has 1 aliphatic heterocycles. The number of halogens is 1. The van der Waals surface area contributed by atoms with Gasteiger partial charge in [0.1, 0.15) is 0 Å². The Labute approximate surface area is 160 Å². The van der Waals surface area contributed by atoms with Crippen LogP contribution in [0.15, 0.2) is 53.4 Å². The maximum atomic E-state index is 6.28. The number of rotatable bonds is 2. The zero-order chi connectivity index (χ0) is 17.7. The lowest BCUT2D eigenvalue weighted by molar-refractivity contribution is 0.186. The van der Waals surface area contributed by atoms with Crippen molar-refractivity contribution in [3.63, 3.8) is 0 Å². The summed E-state index contributed by atoms with van der Waals surface area (Å²) in [6, 6.07) is 17.7. The largest absolute Gasteiger partial charge is 0.382 e. The minimum Gasteiger partial charge on any atom is -0.382 e. The summed E-state index contributed by atoms with van der Waals surface area (Å²) in [6.07, 6.45) is 3.71. The molecule has 25 heavy (non-hydrogen) atoms. The summed E-state index contributed by atoms with van der Waals surface area (Å²) in [6.45, 7) is 7.23. The monoisotopic (exact) mass is 371 g/mol. The molecule has 0 unspecified atom stereocenters. The topological polar surface area (TPSA) is 12.0 Å². The number of hydrogen-bond acceptors (Lipinski definition) is 2. The van der Waals surface area contributed by atoms with Crippen molar-refractivity contribution in [3.8, 4) is 0 Å². The van der Waals surface area contributed by atoms with Gasteiger partial charge in [0.2, 0.25) is 0 Å². The van der Waals surface area contributed by atoms with Crippen molar-refractivity contribution in [2.24, 2.45) is 5.92 Å². The summed E-state index contributed by atoms with van der Waals surface area (Å²) in [5.74, 6) is 0.655. The molecule has 1 saturated carbocycles. The molecule has 4 rings (SSSR count). The minimum absolute atomic E-state index is 0.162. The average molecular weight is 372 g/mol. The van der Waals surface area contributed by atoms with Gasteiger partial charge in [0.15, 0.2) is 0 Å². The molecule has 132 valence electrons. The van der Waals surface area contributed by atoms with Crippen LogP contribution in [0, 0.1) is 5.92 Å². The molecule has 1 heterocycles. The van der Waals surface area contributed by atoms with E-state index >= 15 is 0 Å². The summed E-state index contributed by atoms with van der Waals surface area (Å²) in [4.78, 5) is 1.38. The molecule has 0 spiro atoms. The van der Waals surface area contributed by atoms with Gasteiger partial charge in [-0.2, -0.15) is 0 Å². The number of anilines is 1. The van der Waals surface area contributed by atoms with Crippen LogP contribution in [0.3, 0.4) is 0 Å². The van der Waals surface area contributed by atoms with E-state index in [0.717, 1.165) is 5.02 Å². The maximum absolute atomic E-state index is 6.28. The number of benzene rings is 2. The number of hydrogen-bond donors (Lipinski definition) is 1. The van der Waals surface area contributed by atoms with Gasteiger partial charge in [0.25, 0.3) is 0 Å². The van der Waals surface area contributed by atoms with E-state index in [0.29, 0.717) is 12.0 Å². The first-order valence-electron chi connectivity index (χ1n) is 9.18. The molecule has 3 atom stereocenters. The van der Waals surface area contributed by atoms with Crippen molar-refractivity contribution >= 4 is 29.1 Å². The van der Waals surface area contributed by atoms with Gasteiger partial charge in [-0.1, -0.05) is 50.6 Å². The summed E-state index contributed by atoms with van der Waals surface area (Å²) >= 11 is 8.33. The summed E-state index contributed by atoms with van der Waals surface area (Å²) in [5, 5.41) is 4.69. The lowest BCUT2D eigenvalue weighted by Gasteiger charge is -2.52. The van der Waals surface area contributed by atoms with E-state index < -0.39 is 0 Å². The zero-order valence-corrected chi connectivity index (χ0v) is 16.8. The third-order valence-electron chi connectivity index (χ3n) is 6.17. The van der Waals surface area contributed by atoms with E-state index in [1.165, 1.54) is 35.4 Å². The molecular weight excluding hydrogens is 346 g/mol. The van der Waals surface area contributed by atoms with Crippen LogP contribution in [-0.4, -0.2) is 10.8 Å². The molecular formula is C22H26ClNS. The molecule has 1 aliphatic carbocycles. The quantitative estimate of drug-likeness (QED) is 0.625. The fourth-order valence-corrected chi connectivity index (χ4v) is 6.34. The molecule has 1 N–H and O–H groups in total. The third kappa shape index (κ3) is 3.19. The Morgan fingerprint density at radius 3 is 2.60 bits per heavy atom. The van der Waals surface area contributed by atoms with Crippen LogP contribution in [-0.2, 0) is 5.41 Å². The average Bonchev–Trinajstić information content (AvgIpc) is 2.56. The predicted molar refractivity (Wildman–Crippen MR) is 110 cm³/mol. The van der Waals surface area contributed by atoms with E-state index in [4.69, 9.17) is 11.6 Å². The summed E-state index contributed by atoms with van der Waals surface area (Å²) < 4.78 is 0.287. The Morgan fingerprint density at radius 1 is 1.08 bits per heavy atom. The van der Waals surface area contributed by atoms with Crippen molar-refractivity contribution < 1.29 is 0 Å². The van der Waals surface area contributed by atoms with Crippen molar-refractivity contribution in [1.29, 1.82) is 0 Å². The molecule has 3 heteroatoms. The predicted octanol–water partition coefficient (Wildman–Crippen LogP) is 6.76. The van der Waals surface area contributed by atoms with E-state index in [2.05, 4.69) is 68.6 Å². The molecule has 2 aromatic carbocycles. The zero-order valence-electron chi connectivity index (χ0n) is 15.2. The second kappa shape index (κ2) is 6.25. The van der Waals surface area contributed by atoms with Gasteiger partial charge in [-0.05, 0) is 66.5 Å². The van der Waals surface area contributed by atoms with Crippen LogP contribution in [0.2, 0.25) is 5.02 Å². The molecule has 0 bridgehead atoms. The fourth-order valence-electron chi connectivity index (χ4n) is 4.83. The number of thioether (sulfide) groups is 1. The van der Waals surface area contributed by atoms with Crippen LogP contribution < -0.4 is 5.32 Å². The van der Waals surface area contributed by atoms with Crippen LogP contribution in [0.4, 0.5) is 5.69 Å². The highest BCUT2D eigenvalue weighted by molar-refractivity contribution is 8.00. The Morgan fingerprint density at radius 2 is 1.84 bits per heavy atom. The summed E-state index contributed by atoms with van der Waals surface area (Å²) in [5.41, 5.74) is 2.81. The van der Waals surface area contributed by atoms with Gasteiger partial charge < -0.3 is 5.32 Å². The van der Waals surface area contributed by atoms with E-state index in [1.807, 2.05) is 17.8 Å². The highest BCUT2D eigenvalue weighted by Gasteiger charge is 2.48. The standard InChI is InChI=1S/C22H26ClNS/c1-21(2)17-11-12-22(3,25-16-7-5-4-6-8-16)14-20(17)24-19-10-9-15(23)13-18(19)21/h4-10,13,17,20,24H,11-12,14H2,1-3H3/t17-,20-,22-/m0/s1. The van der Waals surface area contributed by atoms with Gasteiger partial charge in [-0.15, -0.1) is 11.8 Å². The first-order chi connectivity index (χ1) is 11.9. The van der Waals surface area contributed by atoms with Crippen LogP contribution in [0.25, 0.3) is 0 Å². The van der Waals surface area contributed by atoms with Crippen molar-refractivity contribution in [3.05, 3.63) is 59.1 Å². The van der Waals surface area contributed by atoms with Crippen molar-refractivity contribution in [2.75, 3.05) is 5.32 Å². The van der Waals surface area contributed by atoms with Gasteiger partial charge in [-0.25, -0.2) is 0 Å². The summed E-state index contributed by atoms with van der Waals surface area (Å²) in [7, 11) is 0. The SMILES string of the molecule is CC1(C)c2cc(Cl)ccc2N[C@H]2C[C@@](C)(Sc3ccccc3)CC[C@@H]21. The highest BCUT2D eigenvalue weighted by atomic mass is 35.5. The Kier molecular flexibility index (Phi) is 4.32. The molecule has 2 aromatic rings. The molecule has 0 radical (unpaired) electrons. The number of fused-ring (bicyclic) bond motifs is 2. The van der Waals surface area contributed by atoms with Crippen LogP contribution in [0.1, 0.15) is 45.6 Å². The van der Waals surface area contributed by atoms with Crippen molar-refractivity contribution in [2.45, 2.75) is 61.1 Å². The molecule has 0 aromatic heterocycles. The van der Waals surface area contributed by atoms with Gasteiger partial charge in [0, 0.05) is 26.4 Å². The van der Waals surface area contributed by atoms with Crippen molar-refractivity contribution in [1.82, 2.24) is 0 Å². The molecule has 0 saturated heterocycles. The van der Waals surface area contributed by atoms with Gasteiger partial charge >= 0.3 is 0 Å². The third-order valence-corrected chi connectivity index (χ3v) is 7.78. The molecule has 1 fully saturated rings. The Balaban J connectivity index is 1.61. The lowest BCUT2D eigenvalue weighted by Crippen LogP contribution is -2.52. The maximum Gasteiger partial charge on any atom is 0.0410 e. The first-order valence-corrected chi connectivity index (χ1v) is 10.4. The minimum atomic E-state index is 0.162. The van der Waals surface area contributed by atoms with Crippen LogP contribution in [0.5, 0.6) is 0 Å². The highest BCUT2D eigenvalue weighted by Crippen LogP contribution is 2.54. The van der Waals surface area contributed by atoms with E-state index in [9.17, 15) is 0 Å². The Hall–Kier alpha value is -1.12.